The van der Waals surface area contributed by atoms with Crippen molar-refractivity contribution in [3.05, 3.63) is 27.9 Å². The molecule has 2 aliphatic carbocycles. The van der Waals surface area contributed by atoms with Crippen LogP contribution in [0, 0.1) is 0 Å². The Bertz CT molecular complexity index is 517. The number of nitrogens with zero attached hydrogens (tertiary/aromatic N) is 1. The van der Waals surface area contributed by atoms with E-state index in [1.54, 1.807) is 0 Å². The van der Waals surface area contributed by atoms with Crippen LogP contribution in [-0.4, -0.2) is 4.68 Å². The Morgan fingerprint density at radius 1 is 1.14 bits per heavy atom. The maximum absolute atomic E-state index is 6.08. The quantitative estimate of drug-likeness (QED) is 0.588. The molecule has 14 heavy (non-hydrogen) atoms. The number of allylic oxidation sites excluding steroid dienone is 1. The summed E-state index contributed by atoms with van der Waals surface area (Å²) in [6.07, 6.45) is 13.5. The maximum atomic E-state index is 6.08. The molecule has 0 spiro atoms. The van der Waals surface area contributed by atoms with Gasteiger partial charge in [0.05, 0.1) is 5.35 Å². The van der Waals surface area contributed by atoms with Gasteiger partial charge in [0.2, 0.25) is 0 Å². The lowest BCUT2D eigenvalue weighted by atomic mass is 10.0. The van der Waals surface area contributed by atoms with Gasteiger partial charge in [-0.2, -0.15) is 0 Å². The van der Waals surface area contributed by atoms with Crippen molar-refractivity contribution in [1.29, 1.82) is 0 Å². The smallest absolute Gasteiger partial charge is 0.0656 e. The van der Waals surface area contributed by atoms with E-state index in [4.69, 9.17) is 5.84 Å². The molecule has 0 saturated carbocycles. The minimum Gasteiger partial charge on any atom is -0.339 e. The van der Waals surface area contributed by atoms with Crippen molar-refractivity contribution in [3.8, 4) is 0 Å². The molecule has 3 rings (SSSR count). The number of nitrogen functional groups attached to an aromatic ring is 1. The molecular weight excluding hydrogens is 172 g/mol. The molecule has 2 heteroatoms. The van der Waals surface area contributed by atoms with Gasteiger partial charge in [-0.15, -0.1) is 0 Å². The summed E-state index contributed by atoms with van der Waals surface area (Å²) >= 11 is 0. The highest BCUT2D eigenvalue weighted by Gasteiger charge is 2.14. The molecule has 2 nitrogen and oxygen atoms in total. The molecule has 0 aromatic carbocycles. The zero-order valence-electron chi connectivity index (χ0n) is 8.16. The Morgan fingerprint density at radius 2 is 2.00 bits per heavy atom. The Labute approximate surface area is 83.0 Å². The molecule has 0 radical (unpaired) electrons. The maximum Gasteiger partial charge on any atom is 0.0656 e. The van der Waals surface area contributed by atoms with Gasteiger partial charge in [-0.1, -0.05) is 24.3 Å². The van der Waals surface area contributed by atoms with Gasteiger partial charge in [0.25, 0.3) is 0 Å². The number of nitrogens with two attached hydrogens (primary N) is 1. The first-order valence-electron chi connectivity index (χ1n) is 5.23. The second kappa shape index (κ2) is 2.77. The average Bonchev–Trinajstić information content (AvgIpc) is 2.55. The van der Waals surface area contributed by atoms with Crippen LogP contribution in [0.4, 0.5) is 0 Å². The Hall–Kier alpha value is -1.44. The second-order valence-electron chi connectivity index (χ2n) is 3.96. The fourth-order valence-corrected chi connectivity index (χ4v) is 2.43. The van der Waals surface area contributed by atoms with Crippen LogP contribution >= 0.6 is 0 Å². The summed E-state index contributed by atoms with van der Waals surface area (Å²) in [7, 11) is 0. The molecule has 2 N–H and O–H groups in total. The van der Waals surface area contributed by atoms with E-state index < -0.39 is 0 Å². The molecule has 0 aliphatic heterocycles. The highest BCUT2D eigenvalue weighted by Crippen LogP contribution is 2.14. The molecule has 0 saturated heterocycles. The summed E-state index contributed by atoms with van der Waals surface area (Å²) in [4.78, 5) is 0. The first-order chi connectivity index (χ1) is 6.88. The van der Waals surface area contributed by atoms with E-state index in [1.807, 2.05) is 4.68 Å². The Kier molecular flexibility index (Phi) is 1.57. The minimum absolute atomic E-state index is 1.08. The zero-order valence-corrected chi connectivity index (χ0v) is 8.16. The Morgan fingerprint density at radius 3 is 2.93 bits per heavy atom. The van der Waals surface area contributed by atoms with Gasteiger partial charge in [-0.25, -0.2) is 0 Å². The highest BCUT2D eigenvalue weighted by atomic mass is 15.3. The normalized spacial score (nSPS) is 18.0. The summed E-state index contributed by atoms with van der Waals surface area (Å²) in [5.74, 6) is 6.08. The topological polar surface area (TPSA) is 30.9 Å². The van der Waals surface area contributed by atoms with Crippen LogP contribution in [-0.2, 0) is 6.42 Å². The van der Waals surface area contributed by atoms with Crippen molar-refractivity contribution < 1.29 is 0 Å². The molecule has 0 unspecified atom stereocenters. The van der Waals surface area contributed by atoms with Crippen molar-refractivity contribution >= 4 is 18.2 Å². The van der Waals surface area contributed by atoms with Crippen molar-refractivity contribution in [1.82, 2.24) is 4.68 Å². The summed E-state index contributed by atoms with van der Waals surface area (Å²) in [5.41, 5.74) is 2.65. The van der Waals surface area contributed by atoms with Crippen molar-refractivity contribution in [3.63, 3.8) is 0 Å². The highest BCUT2D eigenvalue weighted by molar-refractivity contribution is 5.59. The van der Waals surface area contributed by atoms with Crippen molar-refractivity contribution in [2.24, 2.45) is 0 Å². The molecule has 0 atom stereocenters. The van der Waals surface area contributed by atoms with Crippen LogP contribution in [0.15, 0.2) is 6.08 Å². The van der Waals surface area contributed by atoms with Crippen molar-refractivity contribution in [2.45, 2.75) is 25.7 Å². The summed E-state index contributed by atoms with van der Waals surface area (Å²) < 4.78 is 1.88. The van der Waals surface area contributed by atoms with Gasteiger partial charge < -0.3 is 5.84 Å². The number of aromatic nitrogens is 1. The molecule has 0 amide bonds. The Balaban J connectivity index is 2.47. The lowest BCUT2D eigenvalue weighted by Crippen LogP contribution is -2.35. The van der Waals surface area contributed by atoms with Crippen LogP contribution in [0.5, 0.6) is 0 Å². The van der Waals surface area contributed by atoms with Crippen LogP contribution in [0.2, 0.25) is 0 Å². The third-order valence-electron chi connectivity index (χ3n) is 3.11. The van der Waals surface area contributed by atoms with Crippen LogP contribution in [0.3, 0.4) is 0 Å². The van der Waals surface area contributed by atoms with Gasteiger partial charge in [0, 0.05) is 16.5 Å². The van der Waals surface area contributed by atoms with Gasteiger partial charge in [0.15, 0.2) is 0 Å². The molecular formula is C12H14N2. The standard InChI is InChI=1S/C12H14N2/c13-14-11-7-3-1-5-9(11)10-6-2-4-8-12(10)14/h1,5-6,8H,2-4,7,13H2. The van der Waals surface area contributed by atoms with E-state index in [0.29, 0.717) is 0 Å². The first-order valence-corrected chi connectivity index (χ1v) is 5.23. The summed E-state index contributed by atoms with van der Waals surface area (Å²) in [6.45, 7) is 0. The molecule has 0 fully saturated rings. The molecule has 72 valence electrons. The fraction of sp³-hybridized carbons (Fsp3) is 0.333. The predicted octanol–water partition coefficient (Wildman–Crippen LogP) is 0.516. The SMILES string of the molecule is Nn1c2c(c3c1=CCCC=3)C=CCC2. The molecule has 2 aliphatic rings. The average molecular weight is 186 g/mol. The minimum atomic E-state index is 1.08. The third-order valence-corrected chi connectivity index (χ3v) is 3.11. The molecule has 1 heterocycles. The van der Waals surface area contributed by atoms with E-state index in [0.717, 1.165) is 25.7 Å². The second-order valence-corrected chi connectivity index (χ2v) is 3.96. The number of rotatable bonds is 0. The molecule has 1 aromatic rings. The predicted molar refractivity (Wildman–Crippen MR) is 59.4 cm³/mol. The van der Waals surface area contributed by atoms with Gasteiger partial charge >= 0.3 is 0 Å². The number of fused-ring (bicyclic) bond motifs is 3. The lowest BCUT2D eigenvalue weighted by molar-refractivity contribution is 0.827. The lowest BCUT2D eigenvalue weighted by Gasteiger charge is -2.07. The van der Waals surface area contributed by atoms with Crippen molar-refractivity contribution in [2.75, 3.05) is 5.84 Å². The van der Waals surface area contributed by atoms with E-state index in [1.165, 1.54) is 21.8 Å². The van der Waals surface area contributed by atoms with E-state index >= 15 is 0 Å². The van der Waals surface area contributed by atoms with Gasteiger partial charge in [0.1, 0.15) is 0 Å². The van der Waals surface area contributed by atoms with Crippen LogP contribution in [0.25, 0.3) is 18.2 Å². The van der Waals surface area contributed by atoms with Crippen LogP contribution in [0.1, 0.15) is 30.5 Å². The zero-order chi connectivity index (χ0) is 9.54. The fourth-order valence-electron chi connectivity index (χ4n) is 2.43. The van der Waals surface area contributed by atoms with E-state index in [-0.39, 0.29) is 0 Å². The molecule has 0 bridgehead atoms. The largest absolute Gasteiger partial charge is 0.339 e. The number of hydrogen-bond donors (Lipinski definition) is 1. The van der Waals surface area contributed by atoms with Gasteiger partial charge in [-0.05, 0) is 25.7 Å². The third kappa shape index (κ3) is 0.910. The molecule has 1 aromatic heterocycles. The summed E-state index contributed by atoms with van der Waals surface area (Å²) in [5, 5.41) is 2.57. The van der Waals surface area contributed by atoms with E-state index in [2.05, 4.69) is 24.3 Å². The van der Waals surface area contributed by atoms with Gasteiger partial charge in [-0.3, -0.25) is 4.68 Å². The van der Waals surface area contributed by atoms with Crippen LogP contribution < -0.4 is 16.4 Å². The number of hydrogen-bond acceptors (Lipinski definition) is 1. The monoisotopic (exact) mass is 186 g/mol. The first kappa shape index (κ1) is 7.92. The summed E-state index contributed by atoms with van der Waals surface area (Å²) in [6, 6.07) is 0. The van der Waals surface area contributed by atoms with E-state index in [9.17, 15) is 0 Å².